The number of rotatable bonds is 4. The van der Waals surface area contributed by atoms with Gasteiger partial charge in [0.05, 0.1) is 25.0 Å². The number of aryl methyl sites for hydroxylation is 2. The van der Waals surface area contributed by atoms with E-state index in [-0.39, 0.29) is 29.4 Å². The summed E-state index contributed by atoms with van der Waals surface area (Å²) in [7, 11) is 1.74. The van der Waals surface area contributed by atoms with E-state index in [0.29, 0.717) is 24.9 Å². The second-order valence-electron chi connectivity index (χ2n) is 6.40. The quantitative estimate of drug-likeness (QED) is 0.412. The number of aliphatic imine (C=N–C) groups is 1. The van der Waals surface area contributed by atoms with Crippen LogP contribution in [0.3, 0.4) is 0 Å². The van der Waals surface area contributed by atoms with E-state index in [1.165, 1.54) is 4.88 Å². The van der Waals surface area contributed by atoms with Crippen molar-refractivity contribution in [1.29, 1.82) is 0 Å². The van der Waals surface area contributed by atoms with Crippen molar-refractivity contribution >= 4 is 41.3 Å². The molecule has 2 rings (SSSR count). The minimum Gasteiger partial charge on any atom is -0.443 e. The van der Waals surface area contributed by atoms with Gasteiger partial charge in [-0.15, -0.1) is 35.3 Å². The molecule has 0 unspecified atom stereocenters. The van der Waals surface area contributed by atoms with Crippen LogP contribution in [-0.4, -0.2) is 23.0 Å². The summed E-state index contributed by atoms with van der Waals surface area (Å²) in [5.74, 6) is 2.23. The number of hydrogen-bond donors (Lipinski definition) is 2. The van der Waals surface area contributed by atoms with Crippen molar-refractivity contribution in [1.82, 2.24) is 20.6 Å². The monoisotopic (exact) mass is 463 g/mol. The van der Waals surface area contributed by atoms with Crippen LogP contribution in [0.5, 0.6) is 0 Å². The van der Waals surface area contributed by atoms with Gasteiger partial charge in [0.2, 0.25) is 5.89 Å². The Balaban J connectivity index is 0.00000288. The van der Waals surface area contributed by atoms with Crippen LogP contribution in [0, 0.1) is 13.8 Å². The van der Waals surface area contributed by atoms with Gasteiger partial charge in [-0.3, -0.25) is 4.99 Å². The van der Waals surface area contributed by atoms with Crippen LogP contribution in [0.25, 0.3) is 0 Å². The Morgan fingerprint density at radius 3 is 2.42 bits per heavy atom. The molecule has 0 aromatic carbocycles. The molecular weight excluding hydrogens is 437 g/mol. The highest BCUT2D eigenvalue weighted by atomic mass is 127. The minimum atomic E-state index is -0.0360. The topological polar surface area (TPSA) is 75.3 Å². The van der Waals surface area contributed by atoms with Gasteiger partial charge in [-0.05, 0) is 13.8 Å². The number of guanidine groups is 1. The molecule has 0 bridgehead atoms. The maximum Gasteiger partial charge on any atom is 0.213 e. The van der Waals surface area contributed by atoms with E-state index < -0.39 is 0 Å². The highest BCUT2D eigenvalue weighted by Crippen LogP contribution is 2.22. The maximum absolute atomic E-state index is 5.76. The molecule has 2 aromatic rings. The summed E-state index contributed by atoms with van der Waals surface area (Å²) in [5, 5.41) is 7.50. The largest absolute Gasteiger partial charge is 0.443 e. The number of thiazole rings is 1. The molecule has 0 aliphatic carbocycles. The second kappa shape index (κ2) is 8.80. The SMILES string of the molecule is CN=C(NCc1ncc(C(C)(C)C)o1)NCc1nc(C)c(C)s1.I. The van der Waals surface area contributed by atoms with Gasteiger partial charge < -0.3 is 15.1 Å². The first-order chi connectivity index (χ1) is 10.8. The predicted molar refractivity (Wildman–Crippen MR) is 109 cm³/mol. The number of hydrogen-bond acceptors (Lipinski definition) is 5. The lowest BCUT2D eigenvalue weighted by atomic mass is 9.94. The Bertz CT molecular complexity index is 667. The van der Waals surface area contributed by atoms with E-state index in [1.54, 1.807) is 24.6 Å². The average molecular weight is 463 g/mol. The third-order valence-corrected chi connectivity index (χ3v) is 4.48. The lowest BCUT2D eigenvalue weighted by Crippen LogP contribution is -2.36. The van der Waals surface area contributed by atoms with Gasteiger partial charge >= 0.3 is 0 Å². The van der Waals surface area contributed by atoms with Crippen molar-refractivity contribution in [3.8, 4) is 0 Å². The second-order valence-corrected chi connectivity index (χ2v) is 7.68. The van der Waals surface area contributed by atoms with E-state index in [9.17, 15) is 0 Å². The van der Waals surface area contributed by atoms with Crippen LogP contribution in [0.2, 0.25) is 0 Å². The fourth-order valence-corrected chi connectivity index (χ4v) is 2.77. The Kier molecular flexibility index (Phi) is 7.65. The fraction of sp³-hybridized carbons (Fsp3) is 0.562. The predicted octanol–water partition coefficient (Wildman–Crippen LogP) is 3.53. The number of halogens is 1. The van der Waals surface area contributed by atoms with E-state index in [4.69, 9.17) is 4.42 Å². The van der Waals surface area contributed by atoms with Crippen LogP contribution in [0.4, 0.5) is 0 Å². The summed E-state index contributed by atoms with van der Waals surface area (Å²) in [6, 6.07) is 0. The smallest absolute Gasteiger partial charge is 0.213 e. The van der Waals surface area contributed by atoms with E-state index in [1.807, 2.05) is 6.92 Å². The van der Waals surface area contributed by atoms with Crippen LogP contribution in [-0.2, 0) is 18.5 Å². The summed E-state index contributed by atoms with van der Waals surface area (Å²) in [6.45, 7) is 11.6. The summed E-state index contributed by atoms with van der Waals surface area (Å²) < 4.78 is 5.76. The normalized spacial score (nSPS) is 12.0. The van der Waals surface area contributed by atoms with Gasteiger partial charge in [-0.1, -0.05) is 20.8 Å². The van der Waals surface area contributed by atoms with Gasteiger partial charge in [0.25, 0.3) is 0 Å². The third-order valence-electron chi connectivity index (χ3n) is 3.40. The minimum absolute atomic E-state index is 0. The number of nitrogens with zero attached hydrogens (tertiary/aromatic N) is 3. The zero-order chi connectivity index (χ0) is 17.0. The molecule has 0 aliphatic rings. The summed E-state index contributed by atoms with van der Waals surface area (Å²) in [5.41, 5.74) is 1.05. The molecule has 8 heteroatoms. The third kappa shape index (κ3) is 5.73. The summed E-state index contributed by atoms with van der Waals surface area (Å²) in [4.78, 5) is 14.3. The molecule has 134 valence electrons. The molecule has 0 amide bonds. The number of oxazole rings is 1. The van der Waals surface area contributed by atoms with Gasteiger partial charge in [0.1, 0.15) is 10.8 Å². The first-order valence-electron chi connectivity index (χ1n) is 7.62. The first-order valence-corrected chi connectivity index (χ1v) is 8.44. The van der Waals surface area contributed by atoms with Gasteiger partial charge in [-0.25, -0.2) is 9.97 Å². The van der Waals surface area contributed by atoms with Crippen molar-refractivity contribution in [3.05, 3.63) is 33.4 Å². The average Bonchev–Trinajstić information content (AvgIpc) is 3.06. The Morgan fingerprint density at radius 1 is 1.25 bits per heavy atom. The molecule has 0 atom stereocenters. The molecule has 2 heterocycles. The molecule has 0 aliphatic heterocycles. The fourth-order valence-electron chi connectivity index (χ4n) is 1.89. The number of nitrogens with one attached hydrogen (secondary N) is 2. The Morgan fingerprint density at radius 2 is 1.92 bits per heavy atom. The lowest BCUT2D eigenvalue weighted by Gasteiger charge is -2.13. The maximum atomic E-state index is 5.76. The molecule has 0 spiro atoms. The Hall–Kier alpha value is -1.16. The van der Waals surface area contributed by atoms with Crippen molar-refractivity contribution in [3.63, 3.8) is 0 Å². The van der Waals surface area contributed by atoms with Crippen LogP contribution < -0.4 is 10.6 Å². The van der Waals surface area contributed by atoms with E-state index in [0.717, 1.165) is 16.5 Å². The van der Waals surface area contributed by atoms with Crippen molar-refractivity contribution in [2.45, 2.75) is 53.1 Å². The molecule has 0 radical (unpaired) electrons. The zero-order valence-corrected chi connectivity index (χ0v) is 18.2. The van der Waals surface area contributed by atoms with Gasteiger partial charge in [-0.2, -0.15) is 0 Å². The first kappa shape index (κ1) is 20.9. The van der Waals surface area contributed by atoms with Gasteiger partial charge in [0.15, 0.2) is 5.96 Å². The van der Waals surface area contributed by atoms with E-state index in [2.05, 4.69) is 53.3 Å². The molecule has 24 heavy (non-hydrogen) atoms. The highest BCUT2D eigenvalue weighted by molar-refractivity contribution is 14.0. The number of aromatic nitrogens is 2. The van der Waals surface area contributed by atoms with Crippen LogP contribution in [0.15, 0.2) is 15.6 Å². The molecule has 2 N–H and O–H groups in total. The molecule has 2 aromatic heterocycles. The van der Waals surface area contributed by atoms with Crippen LogP contribution >= 0.6 is 35.3 Å². The molecule has 6 nitrogen and oxygen atoms in total. The molecular formula is C16H26IN5OS. The lowest BCUT2D eigenvalue weighted by molar-refractivity contribution is 0.379. The van der Waals surface area contributed by atoms with Crippen molar-refractivity contribution in [2.75, 3.05) is 7.05 Å². The Labute approximate surface area is 164 Å². The molecule has 0 fully saturated rings. The highest BCUT2D eigenvalue weighted by Gasteiger charge is 2.19. The standard InChI is InChI=1S/C16H25N5OS.HI/c1-10-11(2)23-14(21-10)9-20-15(17-6)19-8-13-18-7-12(22-13)16(3,4)5;/h7H,8-9H2,1-6H3,(H2,17,19,20);1H. The zero-order valence-electron chi connectivity index (χ0n) is 15.1. The summed E-state index contributed by atoms with van der Waals surface area (Å²) in [6.07, 6.45) is 1.79. The molecule has 0 saturated carbocycles. The molecule has 0 saturated heterocycles. The van der Waals surface area contributed by atoms with E-state index >= 15 is 0 Å². The van der Waals surface area contributed by atoms with Crippen molar-refractivity contribution < 1.29 is 4.42 Å². The van der Waals surface area contributed by atoms with Crippen LogP contribution in [0.1, 0.15) is 48.0 Å². The van der Waals surface area contributed by atoms with Crippen molar-refractivity contribution in [2.24, 2.45) is 4.99 Å². The van der Waals surface area contributed by atoms with Gasteiger partial charge in [0, 0.05) is 17.3 Å². The summed E-state index contributed by atoms with van der Waals surface area (Å²) >= 11 is 1.70.